The fraction of sp³-hybridized carbons (Fsp3) is 0.150. The van der Waals surface area contributed by atoms with Gasteiger partial charge in [-0.05, 0) is 49.3 Å². The average Bonchev–Trinajstić information content (AvgIpc) is 2.59. The minimum atomic E-state index is -0.0170. The minimum absolute atomic E-state index is 0.0170. The van der Waals surface area contributed by atoms with E-state index in [-0.39, 0.29) is 5.78 Å². The van der Waals surface area contributed by atoms with Gasteiger partial charge in [-0.15, -0.1) is 0 Å². The van der Waals surface area contributed by atoms with E-state index in [1.54, 1.807) is 19.3 Å². The number of benzene rings is 2. The summed E-state index contributed by atoms with van der Waals surface area (Å²) in [5.41, 5.74) is 3.70. The molecular weight excluding hydrogens is 272 g/mol. The number of ketones is 1. The van der Waals surface area contributed by atoms with Gasteiger partial charge in [0.05, 0.1) is 7.11 Å². The number of rotatable bonds is 5. The monoisotopic (exact) mass is 292 g/mol. The van der Waals surface area contributed by atoms with E-state index < -0.39 is 0 Å². The maximum absolute atomic E-state index is 12.3. The van der Waals surface area contributed by atoms with Gasteiger partial charge in [-0.3, -0.25) is 4.79 Å². The highest BCUT2D eigenvalue weighted by molar-refractivity contribution is 6.07. The normalized spacial score (nSPS) is 11.7. The third-order valence-electron chi connectivity index (χ3n) is 3.57. The van der Waals surface area contributed by atoms with Gasteiger partial charge in [-0.25, -0.2) is 0 Å². The fourth-order valence-corrected chi connectivity index (χ4v) is 2.16. The lowest BCUT2D eigenvalue weighted by Crippen LogP contribution is -1.98. The molecule has 0 spiro atoms. The Morgan fingerprint density at radius 2 is 1.82 bits per heavy atom. The first-order valence-electron chi connectivity index (χ1n) is 7.24. The van der Waals surface area contributed by atoms with Gasteiger partial charge >= 0.3 is 0 Å². The molecule has 0 saturated heterocycles. The van der Waals surface area contributed by atoms with E-state index in [1.165, 1.54) is 0 Å². The van der Waals surface area contributed by atoms with Crippen LogP contribution in [0.25, 0.3) is 11.6 Å². The van der Waals surface area contributed by atoms with Gasteiger partial charge in [-0.2, -0.15) is 0 Å². The number of carbonyl (C=O) groups is 1. The molecule has 0 aliphatic heterocycles. The lowest BCUT2D eigenvalue weighted by atomic mass is 10.0. The predicted molar refractivity (Wildman–Crippen MR) is 92.1 cm³/mol. The number of hydrogen-bond donors (Lipinski definition) is 0. The van der Waals surface area contributed by atoms with Crippen LogP contribution in [0.3, 0.4) is 0 Å². The maximum Gasteiger partial charge on any atom is 0.185 e. The van der Waals surface area contributed by atoms with Crippen molar-refractivity contribution in [3.63, 3.8) is 0 Å². The molecule has 2 aromatic rings. The molecule has 0 aliphatic rings. The second-order valence-electron chi connectivity index (χ2n) is 5.00. The summed E-state index contributed by atoms with van der Waals surface area (Å²) in [6.45, 7) is 3.98. The summed E-state index contributed by atoms with van der Waals surface area (Å²) in [4.78, 5) is 12.3. The highest BCUT2D eigenvalue weighted by atomic mass is 16.5. The topological polar surface area (TPSA) is 26.3 Å². The summed E-state index contributed by atoms with van der Waals surface area (Å²) in [6.07, 6.45) is 5.44. The molecule has 0 aliphatic carbocycles. The molecule has 0 atom stereocenters. The van der Waals surface area contributed by atoms with Crippen molar-refractivity contribution in [1.29, 1.82) is 0 Å². The molecule has 0 saturated carbocycles. The van der Waals surface area contributed by atoms with Crippen molar-refractivity contribution in [1.82, 2.24) is 0 Å². The summed E-state index contributed by atoms with van der Waals surface area (Å²) in [5, 5.41) is 0. The summed E-state index contributed by atoms with van der Waals surface area (Å²) in [7, 11) is 1.64. The van der Waals surface area contributed by atoms with Crippen LogP contribution in [0.2, 0.25) is 0 Å². The molecule has 0 heterocycles. The summed E-state index contributed by atoms with van der Waals surface area (Å²) >= 11 is 0. The molecule has 22 heavy (non-hydrogen) atoms. The van der Waals surface area contributed by atoms with Gasteiger partial charge < -0.3 is 4.74 Å². The molecule has 0 unspecified atom stereocenters. The largest absolute Gasteiger partial charge is 0.496 e. The summed E-state index contributed by atoms with van der Waals surface area (Å²) in [6, 6.07) is 15.3. The van der Waals surface area contributed by atoms with E-state index in [1.807, 2.05) is 68.5 Å². The Morgan fingerprint density at radius 3 is 2.45 bits per heavy atom. The maximum atomic E-state index is 12.3. The molecule has 2 nitrogen and oxygen atoms in total. The van der Waals surface area contributed by atoms with Crippen LogP contribution >= 0.6 is 0 Å². The SMILES string of the molecule is CC=C(C)c1cc(C(=O)C=Cc2ccccc2)ccc1OC. The van der Waals surface area contributed by atoms with Crippen LogP contribution in [0.5, 0.6) is 5.75 Å². The van der Waals surface area contributed by atoms with E-state index in [4.69, 9.17) is 4.74 Å². The Bertz CT molecular complexity index is 710. The van der Waals surface area contributed by atoms with Crippen molar-refractivity contribution < 1.29 is 9.53 Å². The van der Waals surface area contributed by atoms with Crippen LogP contribution in [-0.4, -0.2) is 12.9 Å². The first-order valence-corrected chi connectivity index (χ1v) is 7.24. The smallest absolute Gasteiger partial charge is 0.185 e. The van der Waals surface area contributed by atoms with Gasteiger partial charge in [-0.1, -0.05) is 42.5 Å². The second-order valence-corrected chi connectivity index (χ2v) is 5.00. The van der Waals surface area contributed by atoms with E-state index in [9.17, 15) is 4.79 Å². The van der Waals surface area contributed by atoms with Gasteiger partial charge in [0.15, 0.2) is 5.78 Å². The average molecular weight is 292 g/mol. The minimum Gasteiger partial charge on any atom is -0.496 e. The molecule has 0 N–H and O–H groups in total. The van der Waals surface area contributed by atoms with Crippen molar-refractivity contribution in [2.24, 2.45) is 0 Å². The molecule has 2 aromatic carbocycles. The fourth-order valence-electron chi connectivity index (χ4n) is 2.16. The number of carbonyl (C=O) groups excluding carboxylic acids is 1. The molecule has 0 amide bonds. The van der Waals surface area contributed by atoms with Crippen LogP contribution < -0.4 is 4.74 Å². The highest BCUT2D eigenvalue weighted by Gasteiger charge is 2.09. The van der Waals surface area contributed by atoms with E-state index in [0.29, 0.717) is 5.56 Å². The Hall–Kier alpha value is -2.61. The third kappa shape index (κ3) is 3.73. The van der Waals surface area contributed by atoms with Crippen LogP contribution in [0.4, 0.5) is 0 Å². The van der Waals surface area contributed by atoms with Gasteiger partial charge in [0.2, 0.25) is 0 Å². The van der Waals surface area contributed by atoms with Gasteiger partial charge in [0.25, 0.3) is 0 Å². The van der Waals surface area contributed by atoms with E-state index in [0.717, 1.165) is 22.4 Å². The summed E-state index contributed by atoms with van der Waals surface area (Å²) in [5.74, 6) is 0.760. The first-order chi connectivity index (χ1) is 10.7. The quantitative estimate of drug-likeness (QED) is 0.571. The number of hydrogen-bond acceptors (Lipinski definition) is 2. The molecule has 0 aromatic heterocycles. The Balaban J connectivity index is 2.29. The van der Waals surface area contributed by atoms with Crippen molar-refractivity contribution in [2.45, 2.75) is 13.8 Å². The molecule has 0 radical (unpaired) electrons. The van der Waals surface area contributed by atoms with Crippen molar-refractivity contribution in [3.8, 4) is 5.75 Å². The number of ether oxygens (including phenoxy) is 1. The number of allylic oxidation sites excluding steroid dienone is 3. The van der Waals surface area contributed by atoms with Crippen LogP contribution in [-0.2, 0) is 0 Å². The Kier molecular flexibility index (Phi) is 5.31. The Labute approximate surface area is 131 Å². The van der Waals surface area contributed by atoms with E-state index >= 15 is 0 Å². The standard InChI is InChI=1S/C20H20O2/c1-4-15(2)18-14-17(11-13-20(18)22-3)19(21)12-10-16-8-6-5-7-9-16/h4-14H,1-3H3. The molecule has 0 bridgehead atoms. The third-order valence-corrected chi connectivity index (χ3v) is 3.57. The zero-order valence-electron chi connectivity index (χ0n) is 13.2. The number of methoxy groups -OCH3 is 1. The van der Waals surface area contributed by atoms with Crippen LogP contribution in [0.15, 0.2) is 60.7 Å². The van der Waals surface area contributed by atoms with Crippen LogP contribution in [0.1, 0.15) is 35.3 Å². The summed E-state index contributed by atoms with van der Waals surface area (Å²) < 4.78 is 5.36. The lowest BCUT2D eigenvalue weighted by molar-refractivity contribution is 0.104. The highest BCUT2D eigenvalue weighted by Crippen LogP contribution is 2.27. The van der Waals surface area contributed by atoms with Crippen molar-refractivity contribution in [3.05, 3.63) is 77.4 Å². The van der Waals surface area contributed by atoms with Crippen molar-refractivity contribution in [2.75, 3.05) is 7.11 Å². The molecular formula is C20H20O2. The molecule has 2 heteroatoms. The van der Waals surface area contributed by atoms with Crippen LogP contribution in [0, 0.1) is 0 Å². The Morgan fingerprint density at radius 1 is 1.09 bits per heavy atom. The zero-order valence-corrected chi connectivity index (χ0v) is 13.2. The van der Waals surface area contributed by atoms with E-state index in [2.05, 4.69) is 0 Å². The molecule has 112 valence electrons. The van der Waals surface area contributed by atoms with Gasteiger partial charge in [0, 0.05) is 11.1 Å². The molecule has 0 fully saturated rings. The lowest BCUT2D eigenvalue weighted by Gasteiger charge is -2.10. The predicted octanol–water partition coefficient (Wildman–Crippen LogP) is 5.01. The second kappa shape index (κ2) is 7.41. The van der Waals surface area contributed by atoms with Gasteiger partial charge in [0.1, 0.15) is 5.75 Å². The zero-order chi connectivity index (χ0) is 15.9. The first kappa shape index (κ1) is 15.8. The van der Waals surface area contributed by atoms with Crippen molar-refractivity contribution >= 4 is 17.4 Å². The molecule has 2 rings (SSSR count).